The van der Waals surface area contributed by atoms with Crippen molar-refractivity contribution in [2.45, 2.75) is 40.2 Å². The van der Waals surface area contributed by atoms with E-state index in [0.29, 0.717) is 11.6 Å². The van der Waals surface area contributed by atoms with Crippen molar-refractivity contribution in [1.82, 2.24) is 0 Å². The molecule has 1 aliphatic carbocycles. The van der Waals surface area contributed by atoms with Crippen LogP contribution in [0.3, 0.4) is 0 Å². The molecule has 0 saturated heterocycles. The Labute approximate surface area is 143 Å². The summed E-state index contributed by atoms with van der Waals surface area (Å²) in [7, 11) is 0. The number of ether oxygens (including phenoxy) is 1. The highest BCUT2D eigenvalue weighted by molar-refractivity contribution is 6.30. The molecule has 0 saturated carbocycles. The molecule has 1 N–H and O–H groups in total. The molecule has 0 fully saturated rings. The first kappa shape index (κ1) is 17.4. The van der Waals surface area contributed by atoms with E-state index in [1.54, 1.807) is 12.1 Å². The number of phenolic OH excluding ortho intramolecular Hbond substituents is 1. The van der Waals surface area contributed by atoms with Crippen molar-refractivity contribution in [3.05, 3.63) is 75.6 Å². The molecule has 0 aromatic heterocycles. The van der Waals surface area contributed by atoms with Crippen molar-refractivity contribution < 1.29 is 9.84 Å². The number of hydrogen-bond acceptors (Lipinski definition) is 2. The Morgan fingerprint density at radius 2 is 2.13 bits per heavy atom. The van der Waals surface area contributed by atoms with Crippen molar-refractivity contribution >= 4 is 11.6 Å². The van der Waals surface area contributed by atoms with Crippen molar-refractivity contribution in [1.29, 1.82) is 0 Å². The standard InChI is InChI=1S/C20H23ClO2/c1-4-15(5-2)16-7-9-19(11-14(3)10-16)23-13-17-6-8-18(21)12-20(17)22/h4,6-9,11-12,22H,5,10,13H2,1-3H3/b15-4-. The van der Waals surface area contributed by atoms with E-state index in [1.165, 1.54) is 22.8 Å². The van der Waals surface area contributed by atoms with Crippen LogP contribution in [0, 0.1) is 0 Å². The van der Waals surface area contributed by atoms with E-state index in [0.717, 1.165) is 24.2 Å². The van der Waals surface area contributed by atoms with Gasteiger partial charge in [0.05, 0.1) is 0 Å². The molecule has 0 unspecified atom stereocenters. The number of rotatable bonds is 5. The first-order valence-electron chi connectivity index (χ1n) is 7.87. The highest BCUT2D eigenvalue weighted by Crippen LogP contribution is 2.27. The molecule has 0 aliphatic heterocycles. The zero-order chi connectivity index (χ0) is 16.8. The molecule has 0 amide bonds. The minimum Gasteiger partial charge on any atom is -0.507 e. The summed E-state index contributed by atoms with van der Waals surface area (Å²) in [5, 5.41) is 10.4. The maximum absolute atomic E-state index is 9.89. The Kier molecular flexibility index (Phi) is 6.12. The van der Waals surface area contributed by atoms with Crippen molar-refractivity contribution in [2.75, 3.05) is 0 Å². The fraction of sp³-hybridized carbons (Fsp3) is 0.300. The topological polar surface area (TPSA) is 29.5 Å². The smallest absolute Gasteiger partial charge is 0.123 e. The Hall–Kier alpha value is -1.93. The second-order valence-electron chi connectivity index (χ2n) is 5.66. The van der Waals surface area contributed by atoms with Crippen LogP contribution in [-0.4, -0.2) is 5.11 Å². The molecule has 2 rings (SSSR count). The van der Waals surface area contributed by atoms with E-state index in [2.05, 4.69) is 39.0 Å². The molecular weight excluding hydrogens is 308 g/mol. The van der Waals surface area contributed by atoms with E-state index < -0.39 is 0 Å². The molecule has 122 valence electrons. The van der Waals surface area contributed by atoms with Crippen molar-refractivity contribution in [3.8, 4) is 5.75 Å². The second-order valence-corrected chi connectivity index (χ2v) is 6.09. The Morgan fingerprint density at radius 3 is 2.78 bits per heavy atom. The van der Waals surface area contributed by atoms with Gasteiger partial charge >= 0.3 is 0 Å². The van der Waals surface area contributed by atoms with E-state index in [-0.39, 0.29) is 5.75 Å². The van der Waals surface area contributed by atoms with Gasteiger partial charge in [-0.2, -0.15) is 0 Å². The molecule has 0 atom stereocenters. The third kappa shape index (κ3) is 4.77. The average Bonchev–Trinajstić information content (AvgIpc) is 2.69. The van der Waals surface area contributed by atoms with Gasteiger partial charge in [-0.15, -0.1) is 0 Å². The first-order chi connectivity index (χ1) is 11.0. The van der Waals surface area contributed by atoms with Gasteiger partial charge in [0.1, 0.15) is 18.1 Å². The van der Waals surface area contributed by atoms with Gasteiger partial charge in [-0.25, -0.2) is 0 Å². The van der Waals surface area contributed by atoms with Gasteiger partial charge < -0.3 is 9.84 Å². The number of aromatic hydroxyl groups is 1. The van der Waals surface area contributed by atoms with Crippen LogP contribution < -0.4 is 0 Å². The van der Waals surface area contributed by atoms with Gasteiger partial charge in [0.25, 0.3) is 0 Å². The van der Waals surface area contributed by atoms with Gasteiger partial charge in [0, 0.05) is 10.6 Å². The Bertz CT molecular complexity index is 694. The van der Waals surface area contributed by atoms with Crippen LogP contribution in [0.15, 0.2) is 65.0 Å². The quantitative estimate of drug-likeness (QED) is 0.709. The minimum absolute atomic E-state index is 0.158. The summed E-state index contributed by atoms with van der Waals surface area (Å²) in [5.74, 6) is 0.962. The van der Waals surface area contributed by atoms with Gasteiger partial charge in [0.2, 0.25) is 0 Å². The summed E-state index contributed by atoms with van der Waals surface area (Å²) in [5.41, 5.74) is 4.67. The lowest BCUT2D eigenvalue weighted by Gasteiger charge is -2.09. The van der Waals surface area contributed by atoms with Crippen molar-refractivity contribution in [3.63, 3.8) is 0 Å². The van der Waals surface area contributed by atoms with Crippen LogP contribution in [0.1, 0.15) is 39.2 Å². The van der Waals surface area contributed by atoms with Gasteiger partial charge in [-0.1, -0.05) is 42.3 Å². The molecule has 3 heteroatoms. The van der Waals surface area contributed by atoms with Crippen molar-refractivity contribution in [2.24, 2.45) is 0 Å². The first-order valence-corrected chi connectivity index (χ1v) is 8.25. The summed E-state index contributed by atoms with van der Waals surface area (Å²) in [6.07, 6.45) is 10.3. The van der Waals surface area contributed by atoms with Crippen LogP contribution >= 0.6 is 11.6 Å². The fourth-order valence-corrected chi connectivity index (χ4v) is 2.80. The number of allylic oxidation sites excluding steroid dienone is 7. The van der Waals surface area contributed by atoms with Gasteiger partial charge in [0.15, 0.2) is 0 Å². The summed E-state index contributed by atoms with van der Waals surface area (Å²) in [4.78, 5) is 0. The number of halogens is 1. The summed E-state index contributed by atoms with van der Waals surface area (Å²) >= 11 is 5.84. The SMILES string of the molecule is C/C=C(/CC)C1=CC=C(OCc2ccc(Cl)cc2O)C=C(C)C1. The molecule has 2 nitrogen and oxygen atoms in total. The molecule has 0 spiro atoms. The van der Waals surface area contributed by atoms with E-state index in [4.69, 9.17) is 16.3 Å². The zero-order valence-corrected chi connectivity index (χ0v) is 14.7. The number of phenols is 1. The van der Waals surface area contributed by atoms with E-state index >= 15 is 0 Å². The number of hydrogen-bond donors (Lipinski definition) is 1. The predicted octanol–water partition coefficient (Wildman–Crippen LogP) is 6.08. The summed E-state index contributed by atoms with van der Waals surface area (Å²) < 4.78 is 5.85. The Balaban J connectivity index is 2.14. The van der Waals surface area contributed by atoms with Crippen LogP contribution in [0.5, 0.6) is 5.75 Å². The monoisotopic (exact) mass is 330 g/mol. The molecule has 23 heavy (non-hydrogen) atoms. The maximum Gasteiger partial charge on any atom is 0.123 e. The Morgan fingerprint density at radius 1 is 1.35 bits per heavy atom. The third-order valence-corrected chi connectivity index (χ3v) is 4.13. The largest absolute Gasteiger partial charge is 0.507 e. The zero-order valence-electron chi connectivity index (χ0n) is 13.9. The van der Waals surface area contributed by atoms with Crippen LogP contribution in [0.25, 0.3) is 0 Å². The third-order valence-electron chi connectivity index (χ3n) is 3.89. The lowest BCUT2D eigenvalue weighted by atomic mass is 9.97. The molecule has 1 aromatic carbocycles. The van der Waals surface area contributed by atoms with E-state index in [9.17, 15) is 5.11 Å². The summed E-state index contributed by atoms with van der Waals surface area (Å²) in [6, 6.07) is 5.06. The highest BCUT2D eigenvalue weighted by atomic mass is 35.5. The molecule has 1 aromatic rings. The average molecular weight is 331 g/mol. The normalized spacial score (nSPS) is 15.5. The second kappa shape index (κ2) is 8.07. The van der Waals surface area contributed by atoms with Gasteiger partial charge in [-0.05, 0) is 62.1 Å². The minimum atomic E-state index is 0.158. The lowest BCUT2D eigenvalue weighted by Crippen LogP contribution is -1.93. The summed E-state index contributed by atoms with van der Waals surface area (Å²) in [6.45, 7) is 6.67. The van der Waals surface area contributed by atoms with Gasteiger partial charge in [-0.3, -0.25) is 0 Å². The molecule has 0 bridgehead atoms. The van der Waals surface area contributed by atoms with Crippen LogP contribution in [0.2, 0.25) is 5.02 Å². The fourth-order valence-electron chi connectivity index (χ4n) is 2.63. The van der Waals surface area contributed by atoms with E-state index in [1.807, 2.05) is 6.08 Å². The highest BCUT2D eigenvalue weighted by Gasteiger charge is 2.09. The van der Waals surface area contributed by atoms with Crippen LogP contribution in [0.4, 0.5) is 0 Å². The van der Waals surface area contributed by atoms with Crippen LogP contribution in [-0.2, 0) is 11.3 Å². The lowest BCUT2D eigenvalue weighted by molar-refractivity contribution is 0.207. The molecule has 1 aliphatic rings. The molecule has 0 heterocycles. The maximum atomic E-state index is 9.89. The number of benzene rings is 1. The predicted molar refractivity (Wildman–Crippen MR) is 96.5 cm³/mol. The molecule has 0 radical (unpaired) electrons. The molecular formula is C20H23ClO2.